The Labute approximate surface area is 253 Å². The maximum absolute atomic E-state index is 14.0. The predicted octanol–water partition coefficient (Wildman–Crippen LogP) is 8.76. The lowest BCUT2D eigenvalue weighted by molar-refractivity contribution is 0.00651. The minimum atomic E-state index is -0.223. The molecule has 2 aliphatic carbocycles. The summed E-state index contributed by atoms with van der Waals surface area (Å²) in [4.78, 5) is 29.6. The van der Waals surface area contributed by atoms with Gasteiger partial charge in [0.15, 0.2) is 5.78 Å². The van der Waals surface area contributed by atoms with Crippen molar-refractivity contribution in [3.8, 4) is 22.3 Å². The van der Waals surface area contributed by atoms with Gasteiger partial charge < -0.3 is 9.64 Å². The van der Waals surface area contributed by atoms with Crippen LogP contribution in [0.25, 0.3) is 22.3 Å². The van der Waals surface area contributed by atoms with Crippen LogP contribution in [0.1, 0.15) is 84.5 Å². The van der Waals surface area contributed by atoms with Gasteiger partial charge in [-0.05, 0) is 82.7 Å². The fourth-order valence-corrected chi connectivity index (χ4v) is 8.66. The first-order valence-electron chi connectivity index (χ1n) is 15.8. The molecule has 0 radical (unpaired) electrons. The third-order valence-corrected chi connectivity index (χ3v) is 10.8. The van der Waals surface area contributed by atoms with Crippen LogP contribution < -0.4 is 0 Å². The van der Waals surface area contributed by atoms with Gasteiger partial charge in [-0.15, -0.1) is 0 Å². The summed E-state index contributed by atoms with van der Waals surface area (Å²) in [7, 11) is 0. The Bertz CT molecular complexity index is 1710. The molecule has 0 saturated carbocycles. The number of carbonyl (C=O) groups excluding carboxylic acids is 2. The lowest BCUT2D eigenvalue weighted by Crippen LogP contribution is -2.55. The minimum Gasteiger partial charge on any atom is -0.448 e. The van der Waals surface area contributed by atoms with Gasteiger partial charge in [-0.1, -0.05) is 98.8 Å². The number of benzene rings is 4. The minimum absolute atomic E-state index is 0.0468. The quantitative estimate of drug-likeness (QED) is 0.232. The molecule has 216 valence electrons. The van der Waals surface area contributed by atoms with E-state index in [2.05, 4.69) is 98.8 Å². The van der Waals surface area contributed by atoms with E-state index in [1.807, 2.05) is 11.0 Å². The topological polar surface area (TPSA) is 46.6 Å². The number of amides is 1. The predicted molar refractivity (Wildman–Crippen MR) is 169 cm³/mol. The van der Waals surface area contributed by atoms with E-state index in [1.54, 1.807) is 0 Å². The Kier molecular flexibility index (Phi) is 6.11. The molecule has 4 nitrogen and oxygen atoms in total. The van der Waals surface area contributed by atoms with Crippen LogP contribution in [0.5, 0.6) is 0 Å². The number of nitrogens with zero attached hydrogens (tertiary/aromatic N) is 1. The summed E-state index contributed by atoms with van der Waals surface area (Å²) < 4.78 is 6.10. The summed E-state index contributed by atoms with van der Waals surface area (Å²) in [5, 5.41) is 0. The molecule has 4 heteroatoms. The second kappa shape index (κ2) is 9.94. The molecule has 1 amide bonds. The molecule has 8 rings (SSSR count). The van der Waals surface area contributed by atoms with Crippen LogP contribution in [-0.4, -0.2) is 35.5 Å². The van der Waals surface area contributed by atoms with Gasteiger partial charge in [-0.2, -0.15) is 0 Å². The lowest BCUT2D eigenvalue weighted by atomic mass is 9.75. The van der Waals surface area contributed by atoms with Crippen LogP contribution in [0, 0.1) is 5.92 Å². The van der Waals surface area contributed by atoms with Gasteiger partial charge >= 0.3 is 6.09 Å². The van der Waals surface area contributed by atoms with Gasteiger partial charge in [0.1, 0.15) is 6.61 Å². The molecule has 2 saturated heterocycles. The number of ether oxygens (including phenoxy) is 1. The third-order valence-electron chi connectivity index (χ3n) is 10.8. The zero-order valence-electron chi connectivity index (χ0n) is 24.9. The van der Waals surface area contributed by atoms with Gasteiger partial charge in [-0.3, -0.25) is 4.79 Å². The van der Waals surface area contributed by atoms with Gasteiger partial charge in [0.05, 0.1) is 0 Å². The number of fused-ring (bicyclic) bond motifs is 8. The fourth-order valence-electron chi connectivity index (χ4n) is 8.66. The molecule has 4 aliphatic rings. The lowest BCUT2D eigenvalue weighted by Gasteiger charge is -2.47. The first-order valence-corrected chi connectivity index (χ1v) is 15.8. The normalized spacial score (nSPS) is 22.7. The van der Waals surface area contributed by atoms with Crippen LogP contribution in [0.2, 0.25) is 0 Å². The highest BCUT2D eigenvalue weighted by Gasteiger charge is 2.44. The summed E-state index contributed by atoms with van der Waals surface area (Å²) in [6.07, 6.45) is 4.14. The highest BCUT2D eigenvalue weighted by Crippen LogP contribution is 2.49. The Morgan fingerprint density at radius 3 is 2.00 bits per heavy atom. The van der Waals surface area contributed by atoms with E-state index in [1.165, 1.54) is 44.5 Å². The van der Waals surface area contributed by atoms with Gasteiger partial charge in [-0.25, -0.2) is 4.79 Å². The number of Topliss-reactive ketones (excluding diaryl/α,β-unsaturated/α-hetero) is 1. The molecule has 0 aromatic heterocycles. The SMILES string of the molecule is CC1(C)c2ccccc2-c2ccc(C(=O)C3CC4CCCC(C3)N4C(=O)OCC3c4ccccc4-c4ccccc43)cc21. The van der Waals surface area contributed by atoms with E-state index in [0.717, 1.165) is 24.8 Å². The van der Waals surface area contributed by atoms with Crippen LogP contribution >= 0.6 is 0 Å². The van der Waals surface area contributed by atoms with Crippen LogP contribution in [0.4, 0.5) is 4.79 Å². The molecule has 2 aliphatic heterocycles. The van der Waals surface area contributed by atoms with E-state index in [4.69, 9.17) is 4.74 Å². The largest absolute Gasteiger partial charge is 0.448 e. The average molecular weight is 568 g/mol. The first kappa shape index (κ1) is 26.4. The average Bonchev–Trinajstić information content (AvgIpc) is 3.47. The van der Waals surface area contributed by atoms with E-state index < -0.39 is 0 Å². The Hall–Kier alpha value is -4.18. The number of hydrogen-bond acceptors (Lipinski definition) is 3. The van der Waals surface area contributed by atoms with Crippen molar-refractivity contribution < 1.29 is 14.3 Å². The standard InChI is InChI=1S/C39H37NO3/c1-39(2)35-17-8-7-16-32(35)33-19-18-24(22-36(33)39)37(41)25-20-26-10-9-11-27(21-25)40(26)38(42)43-23-34-30-14-5-3-12-28(30)29-13-4-6-15-31(29)34/h3-8,12-19,22,25-27,34H,9-11,20-21,23H2,1-2H3. The summed E-state index contributed by atoms with van der Waals surface area (Å²) >= 11 is 0. The summed E-state index contributed by atoms with van der Waals surface area (Å²) in [6.45, 7) is 4.84. The third kappa shape index (κ3) is 4.10. The highest BCUT2D eigenvalue weighted by molar-refractivity contribution is 5.99. The molecule has 0 N–H and O–H groups in total. The van der Waals surface area contributed by atoms with Gasteiger partial charge in [0.2, 0.25) is 0 Å². The number of hydrogen-bond donors (Lipinski definition) is 0. The second-order valence-corrected chi connectivity index (χ2v) is 13.4. The van der Waals surface area contributed by atoms with Crippen molar-refractivity contribution in [2.45, 2.75) is 69.4 Å². The van der Waals surface area contributed by atoms with Crippen molar-refractivity contribution in [3.63, 3.8) is 0 Å². The van der Waals surface area contributed by atoms with Crippen molar-refractivity contribution in [3.05, 3.63) is 119 Å². The molecule has 4 aromatic carbocycles. The van der Waals surface area contributed by atoms with Crippen molar-refractivity contribution in [2.24, 2.45) is 5.92 Å². The fraction of sp³-hybridized carbons (Fsp3) is 0.333. The molecular formula is C39H37NO3. The zero-order valence-corrected chi connectivity index (χ0v) is 24.9. The van der Waals surface area contributed by atoms with Crippen LogP contribution in [0.15, 0.2) is 91.0 Å². The maximum Gasteiger partial charge on any atom is 0.410 e. The van der Waals surface area contributed by atoms with E-state index in [-0.39, 0.29) is 41.2 Å². The van der Waals surface area contributed by atoms with Crippen LogP contribution in [-0.2, 0) is 10.2 Å². The monoisotopic (exact) mass is 567 g/mol. The maximum atomic E-state index is 14.0. The highest BCUT2D eigenvalue weighted by atomic mass is 16.6. The molecule has 2 atom stereocenters. The summed E-state index contributed by atoms with van der Waals surface area (Å²) in [6, 6.07) is 31.9. The molecule has 2 fully saturated rings. The summed E-state index contributed by atoms with van der Waals surface area (Å²) in [5.74, 6) is 0.196. The Morgan fingerprint density at radius 1 is 0.744 bits per heavy atom. The molecule has 2 bridgehead atoms. The number of rotatable bonds is 4. The van der Waals surface area contributed by atoms with E-state index >= 15 is 0 Å². The Balaban J connectivity index is 0.989. The van der Waals surface area contributed by atoms with Crippen molar-refractivity contribution >= 4 is 11.9 Å². The van der Waals surface area contributed by atoms with E-state index in [0.29, 0.717) is 19.4 Å². The molecular weight excluding hydrogens is 530 g/mol. The molecule has 4 aromatic rings. The zero-order chi connectivity index (χ0) is 29.3. The van der Waals surface area contributed by atoms with Crippen LogP contribution in [0.3, 0.4) is 0 Å². The molecule has 2 unspecified atom stereocenters. The second-order valence-electron chi connectivity index (χ2n) is 13.4. The molecule has 43 heavy (non-hydrogen) atoms. The van der Waals surface area contributed by atoms with Gasteiger partial charge in [0.25, 0.3) is 0 Å². The van der Waals surface area contributed by atoms with Gasteiger partial charge in [0, 0.05) is 34.9 Å². The van der Waals surface area contributed by atoms with Crippen molar-refractivity contribution in [2.75, 3.05) is 6.61 Å². The molecule has 0 spiro atoms. The molecule has 2 heterocycles. The number of carbonyl (C=O) groups is 2. The smallest absolute Gasteiger partial charge is 0.410 e. The van der Waals surface area contributed by atoms with E-state index in [9.17, 15) is 9.59 Å². The number of piperidine rings is 2. The van der Waals surface area contributed by atoms with Crippen molar-refractivity contribution in [1.82, 2.24) is 4.90 Å². The number of ketones is 1. The summed E-state index contributed by atoms with van der Waals surface area (Å²) in [5.41, 5.74) is 10.6. The first-order chi connectivity index (χ1) is 20.9. The Morgan fingerprint density at radius 2 is 1.33 bits per heavy atom. The van der Waals surface area contributed by atoms with Crippen molar-refractivity contribution in [1.29, 1.82) is 0 Å².